The molecule has 1 aliphatic carbocycles. The molecule has 1 saturated heterocycles. The van der Waals surface area contributed by atoms with Crippen LogP contribution in [0.25, 0.3) is 21.9 Å². The number of imidazole rings is 1. The highest BCUT2D eigenvalue weighted by Crippen LogP contribution is 2.39. The van der Waals surface area contributed by atoms with Gasteiger partial charge in [-0.25, -0.2) is 9.97 Å². The molecule has 2 aromatic heterocycles. The van der Waals surface area contributed by atoms with E-state index in [2.05, 4.69) is 45.6 Å². The van der Waals surface area contributed by atoms with Gasteiger partial charge in [0.2, 0.25) is 0 Å². The topological polar surface area (TPSA) is 136 Å². The lowest BCUT2D eigenvalue weighted by Crippen LogP contribution is -2.33. The van der Waals surface area contributed by atoms with Crippen LogP contribution < -0.4 is 10.6 Å². The van der Waals surface area contributed by atoms with Crippen LogP contribution in [0.4, 0.5) is 17.2 Å². The van der Waals surface area contributed by atoms with Gasteiger partial charge in [-0.05, 0) is 111 Å². The highest BCUT2D eigenvalue weighted by molar-refractivity contribution is 6.36. The predicted molar refractivity (Wildman–Crippen MR) is 225 cm³/mol. The first-order valence-electron chi connectivity index (χ1n) is 20.2. The summed E-state index contributed by atoms with van der Waals surface area (Å²) in [5.74, 6) is 0.530. The van der Waals surface area contributed by atoms with Crippen molar-refractivity contribution in [3.8, 4) is 11.1 Å². The molecule has 0 unspecified atom stereocenters. The number of likely N-dealkylation sites (tertiary alicyclic amines) is 1. The van der Waals surface area contributed by atoms with E-state index in [1.165, 1.54) is 5.56 Å². The van der Waals surface area contributed by atoms with E-state index >= 15 is 0 Å². The number of halogens is 1. The molecular formula is C45H52ClN7O4. The monoisotopic (exact) mass is 789 g/mol. The van der Waals surface area contributed by atoms with E-state index in [1.54, 1.807) is 0 Å². The molecule has 12 heteroatoms. The minimum absolute atomic E-state index is 0.187. The summed E-state index contributed by atoms with van der Waals surface area (Å²) in [4.78, 5) is 39.3. The van der Waals surface area contributed by atoms with Crippen LogP contribution in [0, 0.1) is 18.8 Å². The number of pyridine rings is 1. The largest absolute Gasteiger partial charge is 0.481 e. The van der Waals surface area contributed by atoms with Crippen molar-refractivity contribution in [1.29, 1.82) is 0 Å². The molecule has 4 heterocycles. The summed E-state index contributed by atoms with van der Waals surface area (Å²) >= 11 is 7.08. The SMILES string of the molecule is Cc1c(Nc2nccc3cc(CN4CC[C@@](C)(O)C4)ccc23)cccc1-c1cccc(NC(=O)c2nc3c(n2C)CCN(CCC2CCC(C(=O)O)CC2)C3)c1Cl. The number of β-amino-alcohol motifs (C(OH)–C–C–N with tert-alkyl or cyclic N) is 1. The molecule has 1 saturated carbocycles. The highest BCUT2D eigenvalue weighted by Gasteiger charge is 2.31. The number of hydrogen-bond donors (Lipinski definition) is 4. The minimum Gasteiger partial charge on any atom is -0.481 e. The first kappa shape index (κ1) is 39.0. The molecule has 3 aliphatic rings. The molecular weight excluding hydrogens is 738 g/mol. The quantitative estimate of drug-likeness (QED) is 0.105. The number of carboxylic acid groups (broad SMARTS) is 1. The molecule has 298 valence electrons. The molecule has 1 amide bonds. The van der Waals surface area contributed by atoms with E-state index in [0.717, 1.165) is 121 Å². The Kier molecular flexibility index (Phi) is 11.1. The number of aliphatic hydroxyl groups is 1. The Morgan fingerprint density at radius 3 is 2.51 bits per heavy atom. The van der Waals surface area contributed by atoms with Crippen LogP contribution in [-0.2, 0) is 31.4 Å². The van der Waals surface area contributed by atoms with Gasteiger partial charge in [0.05, 0.1) is 27.9 Å². The molecule has 3 aromatic carbocycles. The fourth-order valence-electron chi connectivity index (χ4n) is 9.10. The number of carboxylic acids is 1. The van der Waals surface area contributed by atoms with Crippen LogP contribution in [0.2, 0.25) is 5.02 Å². The molecule has 11 nitrogen and oxygen atoms in total. The number of anilines is 3. The maximum atomic E-state index is 13.8. The summed E-state index contributed by atoms with van der Waals surface area (Å²) in [6.07, 6.45) is 7.99. The maximum Gasteiger partial charge on any atom is 0.306 e. The molecule has 8 rings (SSSR count). The third-order valence-electron chi connectivity index (χ3n) is 12.5. The van der Waals surface area contributed by atoms with E-state index < -0.39 is 11.6 Å². The summed E-state index contributed by atoms with van der Waals surface area (Å²) in [6, 6.07) is 20.2. The Labute approximate surface area is 339 Å². The number of nitrogens with one attached hydrogen (secondary N) is 2. The van der Waals surface area contributed by atoms with Gasteiger partial charge in [0, 0.05) is 74.7 Å². The molecule has 5 aromatic rings. The van der Waals surface area contributed by atoms with Gasteiger partial charge in [-0.3, -0.25) is 19.4 Å². The Bertz CT molecular complexity index is 2310. The zero-order valence-corrected chi connectivity index (χ0v) is 33.8. The minimum atomic E-state index is -0.660. The van der Waals surface area contributed by atoms with Crippen LogP contribution in [-0.4, -0.2) is 78.2 Å². The second-order valence-electron chi connectivity index (χ2n) is 16.7. The second kappa shape index (κ2) is 16.2. The lowest BCUT2D eigenvalue weighted by Gasteiger charge is -2.30. The van der Waals surface area contributed by atoms with Gasteiger partial charge in [0.25, 0.3) is 5.91 Å². The molecule has 0 radical (unpaired) electrons. The van der Waals surface area contributed by atoms with Gasteiger partial charge in [0.15, 0.2) is 5.82 Å². The predicted octanol–water partition coefficient (Wildman–Crippen LogP) is 8.19. The number of hydrogen-bond acceptors (Lipinski definition) is 8. The molecule has 2 aliphatic heterocycles. The normalized spacial score (nSPS) is 21.4. The Balaban J connectivity index is 0.939. The van der Waals surface area contributed by atoms with Crippen molar-refractivity contribution in [2.75, 3.05) is 36.8 Å². The first-order chi connectivity index (χ1) is 27.4. The molecule has 57 heavy (non-hydrogen) atoms. The second-order valence-corrected chi connectivity index (χ2v) is 17.0. The van der Waals surface area contributed by atoms with Crippen molar-refractivity contribution in [3.05, 3.63) is 100 Å². The summed E-state index contributed by atoms with van der Waals surface area (Å²) in [5, 5.41) is 28.9. The number of benzene rings is 3. The van der Waals surface area contributed by atoms with Crippen molar-refractivity contribution in [3.63, 3.8) is 0 Å². The van der Waals surface area contributed by atoms with E-state index in [1.807, 2.05) is 67.2 Å². The number of carbonyl (C=O) groups excluding carboxylic acids is 1. The molecule has 4 N–H and O–H groups in total. The van der Waals surface area contributed by atoms with Crippen LogP contribution in [0.5, 0.6) is 0 Å². The number of rotatable bonds is 11. The Morgan fingerprint density at radius 2 is 1.75 bits per heavy atom. The van der Waals surface area contributed by atoms with Crippen LogP contribution in [0.1, 0.15) is 78.6 Å². The standard InChI is InChI=1S/C45H52ClN7O4/c1-28-33(6-4-8-36(28)48-41-34-15-12-30(24-32(34)16-20-47-41)25-53-23-19-45(2,57)27-53)35-7-5-9-37(40(35)46)50-43(54)42-49-38-26-52(22-18-39(38)51(42)3)21-17-29-10-13-31(14-11-29)44(55)56/h4-9,12,15-16,20,24,29,31,57H,10-11,13-14,17-19,21-23,25-27H2,1-3H3,(H,47,48)(H,50,54)(H,55,56)/t29?,31?,45-/m1/s1. The van der Waals surface area contributed by atoms with Crippen molar-refractivity contribution < 1.29 is 19.8 Å². The fourth-order valence-corrected chi connectivity index (χ4v) is 9.38. The lowest BCUT2D eigenvalue weighted by molar-refractivity contribution is -0.143. The molecule has 2 fully saturated rings. The van der Waals surface area contributed by atoms with Gasteiger partial charge in [-0.15, -0.1) is 0 Å². The van der Waals surface area contributed by atoms with E-state index in [9.17, 15) is 19.8 Å². The van der Waals surface area contributed by atoms with Crippen molar-refractivity contribution in [2.24, 2.45) is 18.9 Å². The van der Waals surface area contributed by atoms with E-state index in [0.29, 0.717) is 35.5 Å². The van der Waals surface area contributed by atoms with E-state index in [4.69, 9.17) is 21.6 Å². The molecule has 0 bridgehead atoms. The van der Waals surface area contributed by atoms with Gasteiger partial charge >= 0.3 is 5.97 Å². The van der Waals surface area contributed by atoms with Crippen LogP contribution >= 0.6 is 11.6 Å². The summed E-state index contributed by atoms with van der Waals surface area (Å²) < 4.78 is 1.91. The molecule has 1 atom stereocenters. The average molecular weight is 790 g/mol. The summed E-state index contributed by atoms with van der Waals surface area (Å²) in [5.41, 5.74) is 6.74. The zero-order valence-electron chi connectivity index (χ0n) is 33.0. The van der Waals surface area contributed by atoms with Crippen LogP contribution in [0.3, 0.4) is 0 Å². The van der Waals surface area contributed by atoms with Crippen molar-refractivity contribution in [1.82, 2.24) is 24.3 Å². The van der Waals surface area contributed by atoms with Gasteiger partial charge in [-0.1, -0.05) is 48.0 Å². The number of carbonyl (C=O) groups is 2. The van der Waals surface area contributed by atoms with Gasteiger partial charge in [0.1, 0.15) is 5.82 Å². The summed E-state index contributed by atoms with van der Waals surface area (Å²) in [6.45, 7) is 8.86. The number of aromatic nitrogens is 3. The fraction of sp³-hybridized carbons (Fsp3) is 0.422. The van der Waals surface area contributed by atoms with Crippen molar-refractivity contribution >= 4 is 51.4 Å². The van der Waals surface area contributed by atoms with Crippen LogP contribution in [0.15, 0.2) is 66.9 Å². The van der Waals surface area contributed by atoms with Crippen molar-refractivity contribution in [2.45, 2.75) is 77.5 Å². The third kappa shape index (κ3) is 8.43. The number of amides is 1. The first-order valence-corrected chi connectivity index (χ1v) is 20.6. The summed E-state index contributed by atoms with van der Waals surface area (Å²) in [7, 11) is 1.90. The Morgan fingerprint density at radius 1 is 0.982 bits per heavy atom. The Hall–Kier alpha value is -4.81. The number of nitrogens with zero attached hydrogens (tertiary/aromatic N) is 5. The smallest absolute Gasteiger partial charge is 0.306 e. The van der Waals surface area contributed by atoms with E-state index in [-0.39, 0.29) is 11.8 Å². The number of fused-ring (bicyclic) bond motifs is 2. The van der Waals surface area contributed by atoms with Gasteiger partial charge in [-0.2, -0.15) is 0 Å². The third-order valence-corrected chi connectivity index (χ3v) is 12.9. The number of aliphatic carboxylic acids is 1. The zero-order chi connectivity index (χ0) is 39.8. The molecule has 0 spiro atoms. The lowest BCUT2D eigenvalue weighted by atomic mass is 9.80. The average Bonchev–Trinajstić information content (AvgIpc) is 3.72. The maximum absolute atomic E-state index is 13.8. The van der Waals surface area contributed by atoms with Gasteiger partial charge < -0.3 is 25.4 Å². The highest BCUT2D eigenvalue weighted by atomic mass is 35.5.